The summed E-state index contributed by atoms with van der Waals surface area (Å²) in [5.41, 5.74) is 3.49. The van der Waals surface area contributed by atoms with E-state index in [-0.39, 0.29) is 0 Å². The maximum absolute atomic E-state index is 2.71. The molecule has 0 N–H and O–H groups in total. The summed E-state index contributed by atoms with van der Waals surface area (Å²) in [7, 11) is 0. The normalized spacial score (nSPS) is 33.9. The Hall–Kier alpha value is -0.600. The molecule has 1 saturated heterocycles. The molecule has 0 saturated carbocycles. The van der Waals surface area contributed by atoms with E-state index in [0.717, 1.165) is 18.5 Å². The standard InChI is InChI=1S/C17H25NS/c1-12(2)5-8-18-9-7-17(4)13(3)15(18)11-14-6-10-19-16(14)17/h5-6,10,13,15H,7-9,11H2,1-4H3/t13-,15?,17+/m0/s1. The van der Waals surface area contributed by atoms with Gasteiger partial charge in [0.1, 0.15) is 0 Å². The Morgan fingerprint density at radius 1 is 1.53 bits per heavy atom. The summed E-state index contributed by atoms with van der Waals surface area (Å²) in [5, 5.41) is 2.30. The third kappa shape index (κ3) is 2.09. The molecule has 19 heavy (non-hydrogen) atoms. The van der Waals surface area contributed by atoms with Crippen LogP contribution in [0.5, 0.6) is 0 Å². The molecule has 3 rings (SSSR count). The molecule has 2 heteroatoms. The Balaban J connectivity index is 1.90. The number of piperidine rings is 1. The van der Waals surface area contributed by atoms with Gasteiger partial charge in [-0.1, -0.05) is 25.5 Å². The van der Waals surface area contributed by atoms with Crippen LogP contribution in [0.1, 0.15) is 44.6 Å². The van der Waals surface area contributed by atoms with Gasteiger partial charge in [-0.15, -0.1) is 11.3 Å². The number of allylic oxidation sites excluding steroid dienone is 1. The fraction of sp³-hybridized carbons (Fsp3) is 0.647. The zero-order chi connectivity index (χ0) is 13.6. The molecule has 1 aliphatic carbocycles. The highest BCUT2D eigenvalue weighted by atomic mass is 32.1. The number of hydrogen-bond acceptors (Lipinski definition) is 2. The van der Waals surface area contributed by atoms with Crippen LogP contribution in [0.4, 0.5) is 0 Å². The largest absolute Gasteiger partial charge is 0.296 e. The molecule has 0 aromatic carbocycles. The van der Waals surface area contributed by atoms with E-state index >= 15 is 0 Å². The second kappa shape index (κ2) is 4.75. The fourth-order valence-corrected chi connectivity index (χ4v) is 5.11. The van der Waals surface area contributed by atoms with Crippen molar-refractivity contribution >= 4 is 11.3 Å². The Labute approximate surface area is 121 Å². The van der Waals surface area contributed by atoms with Crippen molar-refractivity contribution < 1.29 is 0 Å². The minimum Gasteiger partial charge on any atom is -0.296 e. The van der Waals surface area contributed by atoms with Crippen molar-refractivity contribution in [3.63, 3.8) is 0 Å². The summed E-state index contributed by atoms with van der Waals surface area (Å²) < 4.78 is 0. The lowest BCUT2D eigenvalue weighted by Crippen LogP contribution is -2.57. The van der Waals surface area contributed by atoms with E-state index in [9.17, 15) is 0 Å². The molecule has 0 spiro atoms. The van der Waals surface area contributed by atoms with Gasteiger partial charge in [-0.2, -0.15) is 0 Å². The molecule has 0 radical (unpaired) electrons. The van der Waals surface area contributed by atoms with Crippen LogP contribution in [0.3, 0.4) is 0 Å². The van der Waals surface area contributed by atoms with E-state index < -0.39 is 0 Å². The second-order valence-corrected chi connectivity index (χ2v) is 7.70. The average Bonchev–Trinajstić information content (AvgIpc) is 2.81. The van der Waals surface area contributed by atoms with Gasteiger partial charge >= 0.3 is 0 Å². The van der Waals surface area contributed by atoms with E-state index in [4.69, 9.17) is 0 Å². The van der Waals surface area contributed by atoms with Crippen LogP contribution in [0.15, 0.2) is 23.1 Å². The van der Waals surface area contributed by atoms with Gasteiger partial charge in [-0.3, -0.25) is 4.90 Å². The zero-order valence-electron chi connectivity index (χ0n) is 12.6. The number of fused-ring (bicyclic) bond motifs is 4. The first-order chi connectivity index (χ1) is 9.02. The molecule has 1 aliphatic heterocycles. The smallest absolute Gasteiger partial charge is 0.0174 e. The first kappa shape index (κ1) is 13.4. The number of rotatable bonds is 2. The van der Waals surface area contributed by atoms with Crippen molar-refractivity contribution in [2.45, 2.75) is 52.0 Å². The molecule has 3 atom stereocenters. The van der Waals surface area contributed by atoms with Crippen LogP contribution in [-0.2, 0) is 11.8 Å². The van der Waals surface area contributed by atoms with Crippen molar-refractivity contribution in [2.24, 2.45) is 5.92 Å². The number of nitrogens with zero attached hydrogens (tertiary/aromatic N) is 1. The summed E-state index contributed by atoms with van der Waals surface area (Å²) in [4.78, 5) is 4.39. The van der Waals surface area contributed by atoms with Crippen LogP contribution < -0.4 is 0 Å². The number of hydrogen-bond donors (Lipinski definition) is 0. The van der Waals surface area contributed by atoms with Gasteiger partial charge in [-0.25, -0.2) is 0 Å². The summed E-state index contributed by atoms with van der Waals surface area (Å²) in [5.74, 6) is 0.776. The lowest BCUT2D eigenvalue weighted by atomic mass is 9.62. The molecule has 1 fully saturated rings. The van der Waals surface area contributed by atoms with Crippen molar-refractivity contribution in [2.75, 3.05) is 13.1 Å². The van der Waals surface area contributed by atoms with Gasteiger partial charge < -0.3 is 0 Å². The predicted octanol–water partition coefficient (Wildman–Crippen LogP) is 4.24. The van der Waals surface area contributed by atoms with Crippen molar-refractivity contribution in [3.8, 4) is 0 Å². The predicted molar refractivity (Wildman–Crippen MR) is 83.9 cm³/mol. The summed E-state index contributed by atoms with van der Waals surface area (Å²) in [6.45, 7) is 11.8. The minimum absolute atomic E-state index is 0.424. The molecule has 2 heterocycles. The molecular weight excluding hydrogens is 250 g/mol. The SMILES string of the molecule is CC(C)=CCN1CC[C@@]2(C)c3sccc3CC1[C@@H]2C. The van der Waals surface area contributed by atoms with Gasteiger partial charge in [-0.05, 0) is 56.2 Å². The van der Waals surface area contributed by atoms with Crippen molar-refractivity contribution in [3.05, 3.63) is 33.5 Å². The van der Waals surface area contributed by atoms with Crippen LogP contribution >= 0.6 is 11.3 Å². The lowest BCUT2D eigenvalue weighted by molar-refractivity contribution is 0.0421. The average molecular weight is 275 g/mol. The van der Waals surface area contributed by atoms with Gasteiger partial charge in [0.25, 0.3) is 0 Å². The monoisotopic (exact) mass is 275 g/mol. The van der Waals surface area contributed by atoms with Gasteiger partial charge in [0, 0.05) is 22.9 Å². The molecule has 2 bridgehead atoms. The molecule has 0 amide bonds. The van der Waals surface area contributed by atoms with Gasteiger partial charge in [0.15, 0.2) is 0 Å². The van der Waals surface area contributed by atoms with E-state index in [1.165, 1.54) is 25.0 Å². The van der Waals surface area contributed by atoms with E-state index in [2.05, 4.69) is 50.1 Å². The summed E-state index contributed by atoms with van der Waals surface area (Å²) in [6, 6.07) is 3.10. The molecule has 1 unspecified atom stereocenters. The van der Waals surface area contributed by atoms with E-state index in [1.807, 2.05) is 11.3 Å². The molecule has 2 aliphatic rings. The maximum Gasteiger partial charge on any atom is 0.0174 e. The number of likely N-dealkylation sites (tertiary alicyclic amines) is 1. The van der Waals surface area contributed by atoms with Crippen molar-refractivity contribution in [1.29, 1.82) is 0 Å². The van der Waals surface area contributed by atoms with E-state index in [1.54, 1.807) is 10.4 Å². The van der Waals surface area contributed by atoms with Crippen LogP contribution in [0.2, 0.25) is 0 Å². The van der Waals surface area contributed by atoms with E-state index in [0.29, 0.717) is 5.41 Å². The highest BCUT2D eigenvalue weighted by Crippen LogP contribution is 2.50. The van der Waals surface area contributed by atoms with Gasteiger partial charge in [0.2, 0.25) is 0 Å². The summed E-state index contributed by atoms with van der Waals surface area (Å²) in [6.07, 6.45) is 4.96. The Bertz CT molecular complexity index is 497. The third-order valence-electron chi connectivity index (χ3n) is 5.40. The fourth-order valence-electron chi connectivity index (χ4n) is 3.89. The topological polar surface area (TPSA) is 3.24 Å². The van der Waals surface area contributed by atoms with Crippen LogP contribution in [-0.4, -0.2) is 24.0 Å². The summed E-state index contributed by atoms with van der Waals surface area (Å²) >= 11 is 1.99. The quantitative estimate of drug-likeness (QED) is 0.730. The third-order valence-corrected chi connectivity index (χ3v) is 6.63. The maximum atomic E-state index is 2.71. The zero-order valence-corrected chi connectivity index (χ0v) is 13.4. The Kier molecular flexibility index (Phi) is 3.34. The highest BCUT2D eigenvalue weighted by Gasteiger charge is 2.48. The van der Waals surface area contributed by atoms with Crippen LogP contribution in [0.25, 0.3) is 0 Å². The molecule has 1 nitrogen and oxygen atoms in total. The first-order valence-electron chi connectivity index (χ1n) is 7.46. The Morgan fingerprint density at radius 3 is 3.05 bits per heavy atom. The van der Waals surface area contributed by atoms with Crippen molar-refractivity contribution in [1.82, 2.24) is 4.90 Å². The van der Waals surface area contributed by atoms with Crippen LogP contribution in [0, 0.1) is 5.92 Å². The first-order valence-corrected chi connectivity index (χ1v) is 8.34. The highest BCUT2D eigenvalue weighted by molar-refractivity contribution is 7.10. The minimum atomic E-state index is 0.424. The molecule has 1 aromatic rings. The molecular formula is C17H25NS. The molecule has 1 aromatic heterocycles. The lowest BCUT2D eigenvalue weighted by Gasteiger charge is -2.53. The second-order valence-electron chi connectivity index (χ2n) is 6.78. The number of thiophene rings is 1. The van der Waals surface area contributed by atoms with Gasteiger partial charge in [0.05, 0.1) is 0 Å². The Morgan fingerprint density at radius 2 is 2.32 bits per heavy atom. The molecule has 104 valence electrons.